The van der Waals surface area contributed by atoms with Gasteiger partial charge in [0.2, 0.25) is 0 Å². The Morgan fingerprint density at radius 3 is 2.70 bits per heavy atom. The molecule has 0 fully saturated rings. The van der Waals surface area contributed by atoms with Crippen LogP contribution in [0.25, 0.3) is 11.0 Å². The van der Waals surface area contributed by atoms with E-state index in [9.17, 15) is 9.59 Å². The molecule has 2 aromatic heterocycles. The molecule has 0 saturated carbocycles. The van der Waals surface area contributed by atoms with E-state index in [-0.39, 0.29) is 18.6 Å². The molecular formula is C26H22N2O5. The summed E-state index contributed by atoms with van der Waals surface area (Å²) >= 11 is 0. The minimum atomic E-state index is -0.426. The second kappa shape index (κ2) is 8.43. The molecule has 7 nitrogen and oxygen atoms in total. The van der Waals surface area contributed by atoms with E-state index >= 15 is 0 Å². The van der Waals surface area contributed by atoms with Crippen molar-refractivity contribution in [2.45, 2.75) is 26.3 Å². The number of nitrogens with zero attached hydrogens (tertiary/aromatic N) is 2. The zero-order valence-electron chi connectivity index (χ0n) is 18.3. The number of fused-ring (bicyclic) bond motifs is 1. The van der Waals surface area contributed by atoms with Crippen LogP contribution < -0.4 is 10.4 Å². The summed E-state index contributed by atoms with van der Waals surface area (Å²) in [7, 11) is 0. The minimum absolute atomic E-state index is 0.219. The van der Waals surface area contributed by atoms with E-state index in [2.05, 4.69) is 5.10 Å². The first-order chi connectivity index (χ1) is 16.0. The van der Waals surface area contributed by atoms with Crippen LogP contribution in [0.5, 0.6) is 5.75 Å². The minimum Gasteiger partial charge on any atom is -0.484 e. The van der Waals surface area contributed by atoms with Gasteiger partial charge >= 0.3 is 5.63 Å². The average Bonchev–Trinajstić information content (AvgIpc) is 3.47. The van der Waals surface area contributed by atoms with Crippen molar-refractivity contribution in [2.75, 3.05) is 6.61 Å². The lowest BCUT2D eigenvalue weighted by Gasteiger charge is -2.20. The van der Waals surface area contributed by atoms with Crippen molar-refractivity contribution in [3.05, 3.63) is 99.8 Å². The van der Waals surface area contributed by atoms with Gasteiger partial charge in [-0.25, -0.2) is 9.80 Å². The number of carbonyl (C=O) groups is 1. The fraction of sp³-hybridized carbons (Fsp3) is 0.192. The third-order valence-electron chi connectivity index (χ3n) is 5.71. The topological polar surface area (TPSA) is 85.3 Å². The van der Waals surface area contributed by atoms with Gasteiger partial charge in [-0.2, -0.15) is 5.10 Å². The summed E-state index contributed by atoms with van der Waals surface area (Å²) < 4.78 is 16.6. The van der Waals surface area contributed by atoms with Crippen molar-refractivity contribution in [2.24, 2.45) is 5.10 Å². The first-order valence-corrected chi connectivity index (χ1v) is 10.7. The zero-order chi connectivity index (χ0) is 22.9. The fourth-order valence-electron chi connectivity index (χ4n) is 3.97. The molecule has 0 saturated heterocycles. The molecule has 4 aromatic rings. The molecule has 1 atom stereocenters. The van der Waals surface area contributed by atoms with E-state index in [0.717, 1.165) is 27.8 Å². The third kappa shape index (κ3) is 4.17. The Morgan fingerprint density at radius 2 is 1.94 bits per heavy atom. The zero-order valence-corrected chi connectivity index (χ0v) is 18.3. The van der Waals surface area contributed by atoms with E-state index in [1.165, 1.54) is 11.1 Å². The van der Waals surface area contributed by atoms with Crippen molar-refractivity contribution >= 4 is 22.6 Å². The smallest absolute Gasteiger partial charge is 0.336 e. The van der Waals surface area contributed by atoms with Crippen LogP contribution in [0.1, 0.15) is 34.9 Å². The summed E-state index contributed by atoms with van der Waals surface area (Å²) in [5, 5.41) is 6.86. The van der Waals surface area contributed by atoms with Gasteiger partial charge in [0.1, 0.15) is 23.1 Å². The number of hydrogen-bond acceptors (Lipinski definition) is 6. The van der Waals surface area contributed by atoms with Gasteiger partial charge in [-0.15, -0.1) is 0 Å². The second-order valence-corrected chi connectivity index (χ2v) is 8.08. The Balaban J connectivity index is 1.37. The highest BCUT2D eigenvalue weighted by Crippen LogP contribution is 2.33. The molecule has 1 aliphatic rings. The first-order valence-electron chi connectivity index (χ1n) is 10.7. The van der Waals surface area contributed by atoms with Gasteiger partial charge in [0, 0.05) is 23.9 Å². The maximum atomic E-state index is 13.1. The summed E-state index contributed by atoms with van der Waals surface area (Å²) in [6, 6.07) is 18.0. The maximum Gasteiger partial charge on any atom is 0.336 e. The Labute approximate surface area is 189 Å². The van der Waals surface area contributed by atoms with Crippen LogP contribution in [0.4, 0.5) is 0 Å². The van der Waals surface area contributed by atoms with Crippen molar-refractivity contribution in [1.29, 1.82) is 0 Å². The van der Waals surface area contributed by atoms with Gasteiger partial charge in [0.25, 0.3) is 5.91 Å². The Bertz CT molecular complexity index is 1400. The lowest BCUT2D eigenvalue weighted by atomic mass is 10.0. The number of aryl methyl sites for hydroxylation is 2. The third-order valence-corrected chi connectivity index (χ3v) is 5.71. The SMILES string of the molecule is Cc1ccc(C2=NN(C(=O)COc3ccc4c(C)cc(=O)oc4c3)[C@@H](c3ccco3)C2)cc1. The highest BCUT2D eigenvalue weighted by molar-refractivity contribution is 6.03. The van der Waals surface area contributed by atoms with E-state index in [4.69, 9.17) is 13.6 Å². The molecule has 0 spiro atoms. The van der Waals surface area contributed by atoms with Crippen LogP contribution in [0.2, 0.25) is 0 Å². The van der Waals surface area contributed by atoms with Crippen LogP contribution in [-0.2, 0) is 4.79 Å². The Hall–Kier alpha value is -4.13. The number of benzene rings is 2. The van der Waals surface area contributed by atoms with Gasteiger partial charge in [-0.05, 0) is 49.2 Å². The standard InChI is InChI=1S/C26H22N2O5/c1-16-5-7-18(8-6-16)21-14-22(23-4-3-11-31-23)28(27-21)25(29)15-32-19-9-10-20-17(2)12-26(30)33-24(20)13-19/h3-13,22H,14-15H2,1-2H3/t22-/m1/s1. The number of hydrazone groups is 1. The fourth-order valence-corrected chi connectivity index (χ4v) is 3.97. The molecule has 33 heavy (non-hydrogen) atoms. The van der Waals surface area contributed by atoms with Gasteiger partial charge in [0.05, 0.1) is 12.0 Å². The largest absolute Gasteiger partial charge is 0.484 e. The summed E-state index contributed by atoms with van der Waals surface area (Å²) in [6.45, 7) is 3.65. The molecule has 7 heteroatoms. The molecule has 1 amide bonds. The first kappa shape index (κ1) is 20.8. The van der Waals surface area contributed by atoms with Crippen LogP contribution in [0.3, 0.4) is 0 Å². The predicted molar refractivity (Wildman–Crippen MR) is 123 cm³/mol. The monoisotopic (exact) mass is 442 g/mol. The number of rotatable bonds is 5. The van der Waals surface area contributed by atoms with Gasteiger partial charge in [-0.1, -0.05) is 29.8 Å². The van der Waals surface area contributed by atoms with Crippen molar-refractivity contribution in [1.82, 2.24) is 5.01 Å². The quantitative estimate of drug-likeness (QED) is 0.416. The van der Waals surface area contributed by atoms with Crippen LogP contribution in [0.15, 0.2) is 85.7 Å². The number of furan rings is 1. The Morgan fingerprint density at radius 1 is 1.12 bits per heavy atom. The van der Waals surface area contributed by atoms with E-state index in [1.54, 1.807) is 24.5 Å². The number of ether oxygens (including phenoxy) is 1. The van der Waals surface area contributed by atoms with Crippen LogP contribution in [-0.4, -0.2) is 23.2 Å². The van der Waals surface area contributed by atoms with Crippen molar-refractivity contribution in [3.8, 4) is 5.75 Å². The van der Waals surface area contributed by atoms with E-state index < -0.39 is 5.63 Å². The van der Waals surface area contributed by atoms with Gasteiger partial charge < -0.3 is 13.6 Å². The number of hydrogen-bond donors (Lipinski definition) is 0. The normalized spacial score (nSPS) is 15.6. The molecule has 0 unspecified atom stereocenters. The van der Waals surface area contributed by atoms with E-state index in [1.807, 2.05) is 50.2 Å². The molecular weight excluding hydrogens is 420 g/mol. The summed E-state index contributed by atoms with van der Waals surface area (Å²) in [4.78, 5) is 24.8. The predicted octanol–water partition coefficient (Wildman–Crippen LogP) is 4.76. The Kier molecular flexibility index (Phi) is 5.30. The highest BCUT2D eigenvalue weighted by Gasteiger charge is 2.35. The van der Waals surface area contributed by atoms with E-state index in [0.29, 0.717) is 23.5 Å². The van der Waals surface area contributed by atoms with Crippen molar-refractivity contribution in [3.63, 3.8) is 0 Å². The summed E-state index contributed by atoms with van der Waals surface area (Å²) in [5.74, 6) is 0.794. The van der Waals surface area contributed by atoms with Gasteiger partial charge in [0.15, 0.2) is 6.61 Å². The van der Waals surface area contributed by atoms with Crippen LogP contribution >= 0.6 is 0 Å². The molecule has 0 bridgehead atoms. The highest BCUT2D eigenvalue weighted by atomic mass is 16.5. The second-order valence-electron chi connectivity index (χ2n) is 8.08. The molecule has 3 heterocycles. The average molecular weight is 442 g/mol. The maximum absolute atomic E-state index is 13.1. The lowest BCUT2D eigenvalue weighted by Crippen LogP contribution is -2.31. The molecule has 0 N–H and O–H groups in total. The van der Waals surface area contributed by atoms with Crippen LogP contribution in [0, 0.1) is 13.8 Å². The lowest BCUT2D eigenvalue weighted by molar-refractivity contribution is -0.135. The summed E-state index contributed by atoms with van der Waals surface area (Å²) in [5.41, 5.74) is 3.74. The molecule has 2 aromatic carbocycles. The molecule has 166 valence electrons. The summed E-state index contributed by atoms with van der Waals surface area (Å²) in [6.07, 6.45) is 2.13. The number of carbonyl (C=O) groups excluding carboxylic acids is 1. The van der Waals surface area contributed by atoms with Gasteiger partial charge in [-0.3, -0.25) is 4.79 Å². The molecule has 0 aliphatic carbocycles. The molecule has 5 rings (SSSR count). The number of amides is 1. The van der Waals surface area contributed by atoms with Crippen molar-refractivity contribution < 1.29 is 18.4 Å². The molecule has 0 radical (unpaired) electrons. The molecule has 1 aliphatic heterocycles.